The molecule has 5 nitrogen and oxygen atoms in total. The molecule has 0 bridgehead atoms. The van der Waals surface area contributed by atoms with Crippen LogP contribution in [0.2, 0.25) is 0 Å². The normalized spacial score (nSPS) is 21.3. The third-order valence-electron chi connectivity index (χ3n) is 3.48. The summed E-state index contributed by atoms with van der Waals surface area (Å²) in [5, 5.41) is 2.93. The van der Waals surface area contributed by atoms with Gasteiger partial charge in [0.15, 0.2) is 0 Å². The molecule has 0 radical (unpaired) electrons. The molecule has 0 aromatic rings. The molecule has 0 spiro atoms. The van der Waals surface area contributed by atoms with Crippen molar-refractivity contribution in [1.82, 2.24) is 15.1 Å². The van der Waals surface area contributed by atoms with Gasteiger partial charge in [0.1, 0.15) is 0 Å². The van der Waals surface area contributed by atoms with Gasteiger partial charge in [0.25, 0.3) is 0 Å². The van der Waals surface area contributed by atoms with Gasteiger partial charge in [-0.25, -0.2) is 0 Å². The first-order valence-electron chi connectivity index (χ1n) is 6.97. The number of ether oxygens (including phenoxy) is 1. The van der Waals surface area contributed by atoms with Crippen molar-refractivity contribution in [2.24, 2.45) is 0 Å². The molecule has 1 atom stereocenters. The molecule has 1 fully saturated rings. The number of amides is 1. The quantitative estimate of drug-likeness (QED) is 0.660. The number of hydrogen-bond acceptors (Lipinski definition) is 4. The van der Waals surface area contributed by atoms with Crippen LogP contribution >= 0.6 is 0 Å². The van der Waals surface area contributed by atoms with Crippen molar-refractivity contribution >= 4 is 5.91 Å². The van der Waals surface area contributed by atoms with Crippen molar-refractivity contribution in [3.63, 3.8) is 0 Å². The minimum Gasteiger partial charge on any atom is -0.380 e. The highest BCUT2D eigenvalue weighted by Gasteiger charge is 2.27. The van der Waals surface area contributed by atoms with Crippen LogP contribution in [0.3, 0.4) is 0 Å². The zero-order valence-electron chi connectivity index (χ0n) is 11.9. The largest absolute Gasteiger partial charge is 0.380 e. The van der Waals surface area contributed by atoms with E-state index in [1.54, 1.807) is 0 Å². The summed E-state index contributed by atoms with van der Waals surface area (Å²) < 4.78 is 5.41. The Morgan fingerprint density at radius 3 is 2.78 bits per heavy atom. The van der Waals surface area contributed by atoms with Crippen LogP contribution in [0, 0.1) is 0 Å². The van der Waals surface area contributed by atoms with E-state index in [1.165, 1.54) is 0 Å². The van der Waals surface area contributed by atoms with Gasteiger partial charge in [-0.3, -0.25) is 9.69 Å². The molecule has 1 rings (SSSR count). The van der Waals surface area contributed by atoms with Gasteiger partial charge in [-0.05, 0) is 20.4 Å². The fraction of sp³-hybridized carbons (Fsp3) is 0.923. The van der Waals surface area contributed by atoms with Gasteiger partial charge >= 0.3 is 0 Å². The first-order chi connectivity index (χ1) is 8.72. The summed E-state index contributed by atoms with van der Waals surface area (Å²) >= 11 is 0. The molecule has 0 aliphatic carbocycles. The number of carbonyl (C=O) groups is 1. The number of piperazine rings is 1. The summed E-state index contributed by atoms with van der Waals surface area (Å²) in [4.78, 5) is 16.3. The molecule has 1 heterocycles. The lowest BCUT2D eigenvalue weighted by Gasteiger charge is -2.41. The summed E-state index contributed by atoms with van der Waals surface area (Å²) in [6.45, 7) is 9.83. The molecule has 1 amide bonds. The Bertz CT molecular complexity index is 248. The van der Waals surface area contributed by atoms with E-state index in [1.807, 2.05) is 18.9 Å². The molecule has 0 saturated carbocycles. The van der Waals surface area contributed by atoms with E-state index in [9.17, 15) is 4.79 Å². The van der Waals surface area contributed by atoms with Gasteiger partial charge in [0, 0.05) is 38.8 Å². The Balaban J connectivity index is 2.41. The van der Waals surface area contributed by atoms with Crippen LogP contribution in [0.4, 0.5) is 0 Å². The molecule has 0 aromatic heterocycles. The highest BCUT2D eigenvalue weighted by molar-refractivity contribution is 5.78. The molecule has 0 aromatic carbocycles. The SMILES string of the molecule is CCOCCN1CCN(C(=O)CNC)CC1CC. The second-order valence-electron chi connectivity index (χ2n) is 4.67. The Morgan fingerprint density at radius 2 is 2.17 bits per heavy atom. The lowest BCUT2D eigenvalue weighted by atomic mass is 10.1. The van der Waals surface area contributed by atoms with E-state index >= 15 is 0 Å². The van der Waals surface area contributed by atoms with Crippen molar-refractivity contribution < 1.29 is 9.53 Å². The van der Waals surface area contributed by atoms with Crippen LogP contribution in [-0.2, 0) is 9.53 Å². The highest BCUT2D eigenvalue weighted by Crippen LogP contribution is 2.12. The average molecular weight is 257 g/mol. The van der Waals surface area contributed by atoms with E-state index in [2.05, 4.69) is 17.1 Å². The Labute approximate surface area is 110 Å². The summed E-state index contributed by atoms with van der Waals surface area (Å²) in [6.07, 6.45) is 1.08. The molecule has 18 heavy (non-hydrogen) atoms. The minimum absolute atomic E-state index is 0.209. The predicted octanol–water partition coefficient (Wildman–Crippen LogP) is 0.165. The maximum Gasteiger partial charge on any atom is 0.236 e. The zero-order valence-corrected chi connectivity index (χ0v) is 11.9. The second-order valence-corrected chi connectivity index (χ2v) is 4.67. The smallest absolute Gasteiger partial charge is 0.236 e. The van der Waals surface area contributed by atoms with Crippen molar-refractivity contribution in [3.8, 4) is 0 Å². The summed E-state index contributed by atoms with van der Waals surface area (Å²) in [7, 11) is 1.81. The van der Waals surface area contributed by atoms with E-state index in [0.717, 1.165) is 45.8 Å². The molecule has 1 aliphatic rings. The van der Waals surface area contributed by atoms with Crippen LogP contribution in [0.25, 0.3) is 0 Å². The predicted molar refractivity (Wildman–Crippen MR) is 72.7 cm³/mol. The van der Waals surface area contributed by atoms with E-state index in [0.29, 0.717) is 12.6 Å². The molecule has 1 aliphatic heterocycles. The van der Waals surface area contributed by atoms with Crippen LogP contribution in [0.15, 0.2) is 0 Å². The van der Waals surface area contributed by atoms with Crippen LogP contribution < -0.4 is 5.32 Å². The number of rotatable bonds is 7. The Kier molecular flexibility index (Phi) is 7.23. The van der Waals surface area contributed by atoms with Gasteiger partial charge in [-0.1, -0.05) is 6.92 Å². The van der Waals surface area contributed by atoms with Gasteiger partial charge in [-0.15, -0.1) is 0 Å². The van der Waals surface area contributed by atoms with Gasteiger partial charge in [0.2, 0.25) is 5.91 Å². The van der Waals surface area contributed by atoms with E-state index in [-0.39, 0.29) is 5.91 Å². The van der Waals surface area contributed by atoms with Crippen molar-refractivity contribution in [2.45, 2.75) is 26.3 Å². The Morgan fingerprint density at radius 1 is 1.39 bits per heavy atom. The van der Waals surface area contributed by atoms with Crippen molar-refractivity contribution in [1.29, 1.82) is 0 Å². The highest BCUT2D eigenvalue weighted by atomic mass is 16.5. The third kappa shape index (κ3) is 4.55. The average Bonchev–Trinajstić information content (AvgIpc) is 2.39. The molecule has 106 valence electrons. The second kappa shape index (κ2) is 8.45. The summed E-state index contributed by atoms with van der Waals surface area (Å²) in [5.41, 5.74) is 0. The number of nitrogens with zero attached hydrogens (tertiary/aromatic N) is 2. The minimum atomic E-state index is 0.209. The van der Waals surface area contributed by atoms with Crippen LogP contribution in [0.1, 0.15) is 20.3 Å². The van der Waals surface area contributed by atoms with Gasteiger partial charge in [-0.2, -0.15) is 0 Å². The van der Waals surface area contributed by atoms with Crippen molar-refractivity contribution in [3.05, 3.63) is 0 Å². The molecule has 1 saturated heterocycles. The molecule has 1 N–H and O–H groups in total. The monoisotopic (exact) mass is 257 g/mol. The van der Waals surface area contributed by atoms with Crippen LogP contribution in [-0.4, -0.2) is 74.7 Å². The number of hydrogen-bond donors (Lipinski definition) is 1. The maximum atomic E-state index is 11.8. The first-order valence-corrected chi connectivity index (χ1v) is 6.97. The number of likely N-dealkylation sites (N-methyl/N-ethyl adjacent to an activating group) is 1. The third-order valence-corrected chi connectivity index (χ3v) is 3.48. The lowest BCUT2D eigenvalue weighted by Crippen LogP contribution is -2.56. The van der Waals surface area contributed by atoms with Gasteiger partial charge in [0.05, 0.1) is 13.2 Å². The number of carbonyl (C=O) groups excluding carboxylic acids is 1. The topological polar surface area (TPSA) is 44.8 Å². The lowest BCUT2D eigenvalue weighted by molar-refractivity contribution is -0.133. The van der Waals surface area contributed by atoms with E-state index in [4.69, 9.17) is 4.74 Å². The summed E-state index contributed by atoms with van der Waals surface area (Å²) in [5.74, 6) is 0.209. The molecule has 5 heteroatoms. The van der Waals surface area contributed by atoms with Gasteiger partial charge < -0.3 is 15.0 Å². The fourth-order valence-corrected chi connectivity index (χ4v) is 2.39. The van der Waals surface area contributed by atoms with Crippen LogP contribution in [0.5, 0.6) is 0 Å². The number of nitrogens with one attached hydrogen (secondary N) is 1. The Hall–Kier alpha value is -0.650. The fourth-order valence-electron chi connectivity index (χ4n) is 2.39. The standard InChI is InChI=1S/C13H27N3O2/c1-4-12-11-16(13(17)10-14-3)7-6-15(12)8-9-18-5-2/h12,14H,4-11H2,1-3H3. The maximum absolute atomic E-state index is 11.8. The molecular weight excluding hydrogens is 230 g/mol. The van der Waals surface area contributed by atoms with Crippen molar-refractivity contribution in [2.75, 3.05) is 53.0 Å². The first kappa shape index (κ1) is 15.4. The molecular formula is C13H27N3O2. The van der Waals surface area contributed by atoms with E-state index < -0.39 is 0 Å². The molecule has 1 unspecified atom stereocenters. The zero-order chi connectivity index (χ0) is 13.4. The summed E-state index contributed by atoms with van der Waals surface area (Å²) in [6, 6.07) is 0.472.